The lowest BCUT2D eigenvalue weighted by Gasteiger charge is -2.08. The summed E-state index contributed by atoms with van der Waals surface area (Å²) in [6, 6.07) is 13.0. The molecule has 5 nitrogen and oxygen atoms in total. The third kappa shape index (κ3) is 3.80. The molecule has 0 radical (unpaired) electrons. The van der Waals surface area contributed by atoms with Crippen LogP contribution in [0.3, 0.4) is 0 Å². The molecule has 2 aromatic heterocycles. The van der Waals surface area contributed by atoms with Gasteiger partial charge in [0, 0.05) is 23.9 Å². The zero-order chi connectivity index (χ0) is 21.3. The third-order valence-corrected chi connectivity index (χ3v) is 5.45. The molecule has 2 heterocycles. The lowest BCUT2D eigenvalue weighted by atomic mass is 10.0. The first-order valence-electron chi connectivity index (χ1n) is 9.35. The molecule has 0 N–H and O–H groups in total. The van der Waals surface area contributed by atoms with Gasteiger partial charge in [0.05, 0.1) is 12.5 Å². The standard InChI is InChI=1S/C23H20FN3O2S/c1-14-12-27(21-19(14)22(29-2)26-23(25-21)30-3)13-15-4-6-16(7-5-15)20(28)17-8-10-18(24)11-9-17/h4-12H,13H2,1-3H3. The summed E-state index contributed by atoms with van der Waals surface area (Å²) in [6.45, 7) is 2.61. The van der Waals surface area contributed by atoms with Crippen molar-refractivity contribution < 1.29 is 13.9 Å². The first-order chi connectivity index (χ1) is 14.5. The maximum atomic E-state index is 13.1. The largest absolute Gasteiger partial charge is 0.480 e. The monoisotopic (exact) mass is 421 g/mol. The molecule has 152 valence electrons. The average Bonchev–Trinajstić information content (AvgIpc) is 3.08. The number of rotatable bonds is 6. The van der Waals surface area contributed by atoms with E-state index in [0.717, 1.165) is 22.2 Å². The normalized spacial score (nSPS) is 11.1. The highest BCUT2D eigenvalue weighted by atomic mass is 32.2. The highest BCUT2D eigenvalue weighted by Crippen LogP contribution is 2.30. The number of ether oxygens (including phenoxy) is 1. The summed E-state index contributed by atoms with van der Waals surface area (Å²) >= 11 is 1.46. The van der Waals surface area contributed by atoms with Gasteiger partial charge in [-0.1, -0.05) is 36.0 Å². The van der Waals surface area contributed by atoms with E-state index in [2.05, 4.69) is 14.5 Å². The van der Waals surface area contributed by atoms with Crippen molar-refractivity contribution in [2.45, 2.75) is 18.6 Å². The summed E-state index contributed by atoms with van der Waals surface area (Å²) in [5, 5.41) is 1.55. The highest BCUT2D eigenvalue weighted by Gasteiger charge is 2.16. The van der Waals surface area contributed by atoms with E-state index in [1.807, 2.05) is 31.5 Å². The number of halogens is 1. The maximum Gasteiger partial charge on any atom is 0.227 e. The van der Waals surface area contributed by atoms with E-state index in [1.54, 1.807) is 19.2 Å². The number of aromatic nitrogens is 3. The van der Waals surface area contributed by atoms with E-state index in [1.165, 1.54) is 36.0 Å². The number of hydrogen-bond acceptors (Lipinski definition) is 5. The van der Waals surface area contributed by atoms with Crippen LogP contribution < -0.4 is 4.74 Å². The SMILES string of the molecule is COc1nc(SC)nc2c1c(C)cn2Cc1ccc(C(=O)c2ccc(F)cc2)cc1. The molecule has 0 atom stereocenters. The molecule has 2 aromatic carbocycles. The topological polar surface area (TPSA) is 57.0 Å². The van der Waals surface area contributed by atoms with Gasteiger partial charge in [-0.25, -0.2) is 9.37 Å². The van der Waals surface area contributed by atoms with E-state index in [9.17, 15) is 9.18 Å². The number of ketones is 1. The van der Waals surface area contributed by atoms with Crippen molar-refractivity contribution in [3.63, 3.8) is 0 Å². The Morgan fingerprint density at radius 1 is 1.07 bits per heavy atom. The summed E-state index contributed by atoms with van der Waals surface area (Å²) in [4.78, 5) is 21.7. The number of fused-ring (bicyclic) bond motifs is 1. The summed E-state index contributed by atoms with van der Waals surface area (Å²) in [6.07, 6.45) is 3.96. The molecule has 0 amide bonds. The molecule has 0 unspecified atom stereocenters. The Morgan fingerprint density at radius 2 is 1.70 bits per heavy atom. The van der Waals surface area contributed by atoms with Gasteiger partial charge in [-0.05, 0) is 48.6 Å². The maximum absolute atomic E-state index is 13.1. The van der Waals surface area contributed by atoms with Crippen LogP contribution in [0.15, 0.2) is 59.9 Å². The quantitative estimate of drug-likeness (QED) is 0.252. The zero-order valence-electron chi connectivity index (χ0n) is 16.8. The van der Waals surface area contributed by atoms with Crippen LogP contribution in [0.2, 0.25) is 0 Å². The van der Waals surface area contributed by atoms with Gasteiger partial charge in [-0.15, -0.1) is 0 Å². The van der Waals surface area contributed by atoms with Gasteiger partial charge < -0.3 is 9.30 Å². The third-order valence-electron chi connectivity index (χ3n) is 4.90. The second-order valence-corrected chi connectivity index (χ2v) is 7.66. The van der Waals surface area contributed by atoms with Gasteiger partial charge >= 0.3 is 0 Å². The number of nitrogens with zero attached hydrogens (tertiary/aromatic N) is 3. The van der Waals surface area contributed by atoms with E-state index < -0.39 is 0 Å². The molecule has 0 aliphatic carbocycles. The molecule has 0 bridgehead atoms. The van der Waals surface area contributed by atoms with Crippen molar-refractivity contribution in [1.82, 2.24) is 14.5 Å². The number of thioether (sulfide) groups is 1. The van der Waals surface area contributed by atoms with Crippen LogP contribution in [0, 0.1) is 12.7 Å². The molecular formula is C23H20FN3O2S. The Labute approximate surface area is 177 Å². The van der Waals surface area contributed by atoms with Crippen molar-refractivity contribution in [2.75, 3.05) is 13.4 Å². The van der Waals surface area contributed by atoms with Crippen molar-refractivity contribution >= 4 is 28.6 Å². The van der Waals surface area contributed by atoms with Gasteiger partial charge in [0.1, 0.15) is 11.5 Å². The minimum atomic E-state index is -0.360. The Balaban J connectivity index is 1.63. The minimum Gasteiger partial charge on any atom is -0.480 e. The molecule has 0 fully saturated rings. The van der Waals surface area contributed by atoms with Gasteiger partial charge in [-0.2, -0.15) is 4.98 Å². The van der Waals surface area contributed by atoms with E-state index >= 15 is 0 Å². The molecule has 0 saturated carbocycles. The number of carbonyl (C=O) groups excluding carboxylic acids is 1. The fourth-order valence-corrected chi connectivity index (χ4v) is 3.76. The predicted molar refractivity (Wildman–Crippen MR) is 116 cm³/mol. The first kappa shape index (κ1) is 20.1. The summed E-state index contributed by atoms with van der Waals surface area (Å²) in [5.41, 5.74) is 3.91. The van der Waals surface area contributed by atoms with E-state index in [4.69, 9.17) is 4.74 Å². The van der Waals surface area contributed by atoms with Crippen LogP contribution >= 0.6 is 11.8 Å². The fraction of sp³-hybridized carbons (Fsp3) is 0.174. The number of carbonyl (C=O) groups is 1. The van der Waals surface area contributed by atoms with Crippen molar-refractivity contribution in [1.29, 1.82) is 0 Å². The lowest BCUT2D eigenvalue weighted by Crippen LogP contribution is -2.04. The minimum absolute atomic E-state index is 0.133. The fourth-order valence-electron chi connectivity index (χ4n) is 3.41. The van der Waals surface area contributed by atoms with Crippen LogP contribution in [0.25, 0.3) is 11.0 Å². The molecule has 30 heavy (non-hydrogen) atoms. The van der Waals surface area contributed by atoms with Gasteiger partial charge in [0.2, 0.25) is 5.88 Å². The summed E-state index contributed by atoms with van der Waals surface area (Å²) in [7, 11) is 1.61. The van der Waals surface area contributed by atoms with Crippen LogP contribution in [-0.4, -0.2) is 33.7 Å². The molecule has 0 spiro atoms. The Morgan fingerprint density at radius 3 is 2.30 bits per heavy atom. The number of hydrogen-bond donors (Lipinski definition) is 0. The number of aryl methyl sites for hydroxylation is 1. The summed E-state index contributed by atoms with van der Waals surface area (Å²) in [5.74, 6) is 0.0768. The Kier molecular flexibility index (Phi) is 5.55. The second-order valence-electron chi connectivity index (χ2n) is 6.89. The highest BCUT2D eigenvalue weighted by molar-refractivity contribution is 7.98. The first-order valence-corrected chi connectivity index (χ1v) is 10.6. The smallest absolute Gasteiger partial charge is 0.227 e. The molecule has 4 aromatic rings. The summed E-state index contributed by atoms with van der Waals surface area (Å²) < 4.78 is 20.6. The van der Waals surface area contributed by atoms with Crippen molar-refractivity contribution in [3.05, 3.63) is 82.8 Å². The number of benzene rings is 2. The van der Waals surface area contributed by atoms with E-state index in [0.29, 0.717) is 28.7 Å². The average molecular weight is 421 g/mol. The van der Waals surface area contributed by atoms with Gasteiger partial charge in [0.25, 0.3) is 0 Å². The van der Waals surface area contributed by atoms with Crippen molar-refractivity contribution in [2.24, 2.45) is 0 Å². The molecule has 0 aliphatic heterocycles. The molecular weight excluding hydrogens is 401 g/mol. The molecule has 0 aliphatic rings. The van der Waals surface area contributed by atoms with Crippen LogP contribution in [0.5, 0.6) is 5.88 Å². The van der Waals surface area contributed by atoms with Crippen LogP contribution in [0.1, 0.15) is 27.0 Å². The van der Waals surface area contributed by atoms with Gasteiger partial charge in [0.15, 0.2) is 10.9 Å². The predicted octanol–water partition coefficient (Wildman–Crippen LogP) is 4.89. The van der Waals surface area contributed by atoms with Crippen molar-refractivity contribution in [3.8, 4) is 5.88 Å². The Hall–Kier alpha value is -3.19. The molecule has 7 heteroatoms. The Bertz CT molecular complexity index is 1220. The zero-order valence-corrected chi connectivity index (χ0v) is 17.7. The van der Waals surface area contributed by atoms with E-state index in [-0.39, 0.29) is 11.6 Å². The van der Waals surface area contributed by atoms with Gasteiger partial charge in [-0.3, -0.25) is 4.79 Å². The molecule has 0 saturated heterocycles. The van der Waals surface area contributed by atoms with Crippen LogP contribution in [0.4, 0.5) is 4.39 Å². The lowest BCUT2D eigenvalue weighted by molar-refractivity contribution is 0.103. The molecule has 4 rings (SSSR count). The van der Waals surface area contributed by atoms with Crippen LogP contribution in [-0.2, 0) is 6.54 Å². The number of methoxy groups -OCH3 is 1. The second kappa shape index (κ2) is 8.28.